The molecule has 4 rings (SSSR count). The van der Waals surface area contributed by atoms with E-state index < -0.39 is 0 Å². The van der Waals surface area contributed by atoms with Crippen molar-refractivity contribution in [2.75, 3.05) is 6.54 Å². The summed E-state index contributed by atoms with van der Waals surface area (Å²) in [4.78, 5) is 30.3. The maximum Gasteiger partial charge on any atom is 0.262 e. The Kier molecular flexibility index (Phi) is 6.04. The zero-order valence-corrected chi connectivity index (χ0v) is 17.6. The number of benzene rings is 1. The Hall–Kier alpha value is -3.26. The Morgan fingerprint density at radius 2 is 2.03 bits per heavy atom. The van der Waals surface area contributed by atoms with E-state index in [0.29, 0.717) is 18.5 Å². The maximum absolute atomic E-state index is 13.0. The van der Waals surface area contributed by atoms with Gasteiger partial charge in [-0.1, -0.05) is 29.8 Å². The van der Waals surface area contributed by atoms with Crippen molar-refractivity contribution in [2.24, 2.45) is 0 Å². The van der Waals surface area contributed by atoms with Gasteiger partial charge in [0.15, 0.2) is 0 Å². The molecule has 0 atom stereocenters. The smallest absolute Gasteiger partial charge is 0.262 e. The zero-order chi connectivity index (χ0) is 20.9. The Labute approximate surface area is 178 Å². The average Bonchev–Trinajstić information content (AvgIpc) is 3.41. The third kappa shape index (κ3) is 4.49. The number of nitrogens with one attached hydrogen (secondary N) is 1. The van der Waals surface area contributed by atoms with Crippen LogP contribution in [0.5, 0.6) is 0 Å². The normalized spacial score (nSPS) is 11.1. The Morgan fingerprint density at radius 3 is 2.80 bits per heavy atom. The van der Waals surface area contributed by atoms with Gasteiger partial charge >= 0.3 is 0 Å². The molecule has 1 amide bonds. The van der Waals surface area contributed by atoms with Crippen molar-refractivity contribution in [2.45, 2.75) is 32.9 Å². The SMILES string of the molecule is Cc1ccc(-c2csc3ncn(CCC(=O)NCCCn4cccn4)c(=O)c23)cc1. The van der Waals surface area contributed by atoms with Gasteiger partial charge in [0.05, 0.1) is 11.7 Å². The number of rotatable bonds is 8. The standard InChI is InChI=1S/C22H23N5O2S/c1-16-4-6-17(7-5-16)18-14-30-21-20(18)22(29)26(15-24-21)13-8-19(28)23-9-2-11-27-12-3-10-25-27/h3-7,10,12,14-15H,2,8-9,11,13H2,1H3,(H,23,28). The van der Waals surface area contributed by atoms with E-state index in [9.17, 15) is 9.59 Å². The van der Waals surface area contributed by atoms with Crippen LogP contribution in [0.1, 0.15) is 18.4 Å². The van der Waals surface area contributed by atoms with Gasteiger partial charge in [0.2, 0.25) is 5.91 Å². The van der Waals surface area contributed by atoms with Crippen LogP contribution in [0, 0.1) is 6.92 Å². The highest BCUT2D eigenvalue weighted by atomic mass is 32.1. The molecule has 3 heterocycles. The van der Waals surface area contributed by atoms with Gasteiger partial charge in [0, 0.05) is 49.4 Å². The quantitative estimate of drug-likeness (QED) is 0.443. The number of hydrogen-bond donors (Lipinski definition) is 1. The third-order valence-corrected chi connectivity index (χ3v) is 5.83. The summed E-state index contributed by atoms with van der Waals surface area (Å²) in [6, 6.07) is 9.97. The van der Waals surface area contributed by atoms with E-state index in [4.69, 9.17) is 0 Å². The van der Waals surface area contributed by atoms with Crippen molar-refractivity contribution in [1.82, 2.24) is 24.6 Å². The Bertz CT molecular complexity index is 1190. The molecule has 0 fully saturated rings. The molecule has 0 saturated heterocycles. The molecule has 30 heavy (non-hydrogen) atoms. The van der Waals surface area contributed by atoms with Crippen LogP contribution in [-0.2, 0) is 17.9 Å². The van der Waals surface area contributed by atoms with E-state index in [0.717, 1.165) is 28.9 Å². The van der Waals surface area contributed by atoms with Gasteiger partial charge in [-0.15, -0.1) is 11.3 Å². The predicted molar refractivity (Wildman–Crippen MR) is 119 cm³/mol. The molecule has 0 aliphatic rings. The van der Waals surface area contributed by atoms with Gasteiger partial charge in [0.25, 0.3) is 5.56 Å². The van der Waals surface area contributed by atoms with Gasteiger partial charge in [-0.25, -0.2) is 4.98 Å². The summed E-state index contributed by atoms with van der Waals surface area (Å²) in [5, 5.41) is 9.62. The zero-order valence-electron chi connectivity index (χ0n) is 16.7. The van der Waals surface area contributed by atoms with Crippen LogP contribution in [0.4, 0.5) is 0 Å². The number of carbonyl (C=O) groups is 1. The maximum atomic E-state index is 13.0. The first-order chi connectivity index (χ1) is 14.6. The minimum atomic E-state index is -0.108. The first-order valence-electron chi connectivity index (χ1n) is 9.89. The summed E-state index contributed by atoms with van der Waals surface area (Å²) in [6.45, 7) is 3.67. The number of amides is 1. The summed E-state index contributed by atoms with van der Waals surface area (Å²) in [6.07, 6.45) is 6.20. The molecule has 0 aliphatic carbocycles. The molecule has 1 aromatic carbocycles. The lowest BCUT2D eigenvalue weighted by Crippen LogP contribution is -2.28. The second kappa shape index (κ2) is 9.04. The average molecular weight is 422 g/mol. The van der Waals surface area contributed by atoms with Crippen LogP contribution in [0.15, 0.2) is 59.2 Å². The monoisotopic (exact) mass is 421 g/mol. The molecule has 3 aromatic heterocycles. The van der Waals surface area contributed by atoms with Gasteiger partial charge in [-0.3, -0.25) is 18.8 Å². The van der Waals surface area contributed by atoms with E-state index in [2.05, 4.69) is 15.4 Å². The molecule has 7 nitrogen and oxygen atoms in total. The molecule has 0 bridgehead atoms. The highest BCUT2D eigenvalue weighted by Crippen LogP contribution is 2.30. The minimum absolute atomic E-state index is 0.0773. The van der Waals surface area contributed by atoms with Crippen LogP contribution in [0.2, 0.25) is 0 Å². The van der Waals surface area contributed by atoms with Gasteiger partial charge < -0.3 is 5.32 Å². The lowest BCUT2D eigenvalue weighted by atomic mass is 10.1. The Balaban J connectivity index is 1.40. The summed E-state index contributed by atoms with van der Waals surface area (Å²) < 4.78 is 3.36. The molecule has 0 unspecified atom stereocenters. The number of carbonyl (C=O) groups excluding carboxylic acids is 1. The summed E-state index contributed by atoms with van der Waals surface area (Å²) in [5.41, 5.74) is 2.95. The summed E-state index contributed by atoms with van der Waals surface area (Å²) in [7, 11) is 0. The molecule has 154 valence electrons. The first-order valence-corrected chi connectivity index (χ1v) is 10.8. The minimum Gasteiger partial charge on any atom is -0.356 e. The fourth-order valence-corrected chi connectivity index (χ4v) is 4.19. The van der Waals surface area contributed by atoms with Crippen molar-refractivity contribution in [3.63, 3.8) is 0 Å². The van der Waals surface area contributed by atoms with Crippen LogP contribution >= 0.6 is 11.3 Å². The number of aryl methyl sites for hydroxylation is 3. The van der Waals surface area contributed by atoms with Crippen molar-refractivity contribution in [1.29, 1.82) is 0 Å². The molecule has 0 radical (unpaired) electrons. The number of aromatic nitrogens is 4. The molecular weight excluding hydrogens is 398 g/mol. The van der Waals surface area contributed by atoms with Crippen LogP contribution in [0.25, 0.3) is 21.3 Å². The van der Waals surface area contributed by atoms with E-state index in [1.807, 2.05) is 53.5 Å². The second-order valence-electron chi connectivity index (χ2n) is 7.16. The lowest BCUT2D eigenvalue weighted by Gasteiger charge is -2.08. The highest BCUT2D eigenvalue weighted by molar-refractivity contribution is 7.17. The molecule has 1 N–H and O–H groups in total. The van der Waals surface area contributed by atoms with Gasteiger partial charge in [-0.2, -0.15) is 5.10 Å². The van der Waals surface area contributed by atoms with E-state index in [1.54, 1.807) is 6.20 Å². The molecule has 0 saturated carbocycles. The fraction of sp³-hybridized carbons (Fsp3) is 0.273. The van der Waals surface area contributed by atoms with Crippen LogP contribution in [-0.4, -0.2) is 31.8 Å². The first kappa shape index (κ1) is 20.0. The van der Waals surface area contributed by atoms with Crippen molar-refractivity contribution >= 4 is 27.5 Å². The van der Waals surface area contributed by atoms with E-state index in [-0.39, 0.29) is 17.9 Å². The molecule has 0 spiro atoms. The second-order valence-corrected chi connectivity index (χ2v) is 8.02. The van der Waals surface area contributed by atoms with Crippen molar-refractivity contribution in [3.05, 3.63) is 70.4 Å². The number of hydrogen-bond acceptors (Lipinski definition) is 5. The Morgan fingerprint density at radius 1 is 1.20 bits per heavy atom. The number of fused-ring (bicyclic) bond motifs is 1. The van der Waals surface area contributed by atoms with Gasteiger partial charge in [0.1, 0.15) is 4.83 Å². The van der Waals surface area contributed by atoms with Crippen LogP contribution in [0.3, 0.4) is 0 Å². The largest absolute Gasteiger partial charge is 0.356 e. The molecular formula is C22H23N5O2S. The fourth-order valence-electron chi connectivity index (χ4n) is 3.28. The lowest BCUT2D eigenvalue weighted by molar-refractivity contribution is -0.121. The molecule has 0 aliphatic heterocycles. The number of nitrogens with zero attached hydrogens (tertiary/aromatic N) is 4. The summed E-state index contributed by atoms with van der Waals surface area (Å²) >= 11 is 1.46. The van der Waals surface area contributed by atoms with E-state index >= 15 is 0 Å². The van der Waals surface area contributed by atoms with Crippen molar-refractivity contribution in [3.8, 4) is 11.1 Å². The van der Waals surface area contributed by atoms with Crippen LogP contribution < -0.4 is 10.9 Å². The topological polar surface area (TPSA) is 81.8 Å². The van der Waals surface area contributed by atoms with Gasteiger partial charge in [-0.05, 0) is 25.0 Å². The third-order valence-electron chi connectivity index (χ3n) is 4.95. The highest BCUT2D eigenvalue weighted by Gasteiger charge is 2.14. The molecule has 4 aromatic rings. The van der Waals surface area contributed by atoms with E-state index in [1.165, 1.54) is 27.8 Å². The summed E-state index contributed by atoms with van der Waals surface area (Å²) in [5.74, 6) is -0.0773. The van der Waals surface area contributed by atoms with Crippen molar-refractivity contribution < 1.29 is 4.79 Å². The number of thiophene rings is 1. The predicted octanol–water partition coefficient (Wildman–Crippen LogP) is 3.23. The molecule has 8 heteroatoms.